The number of hydrogen-bond donors (Lipinski definition) is 0. The first-order valence-corrected chi connectivity index (χ1v) is 8.01. The number of likely N-dealkylation sites (N-methyl/N-ethyl adjacent to an activating group) is 1. The molecule has 5 heteroatoms. The third-order valence-electron chi connectivity index (χ3n) is 4.18. The van der Waals surface area contributed by atoms with Crippen molar-refractivity contribution in [3.05, 3.63) is 21.9 Å². The van der Waals surface area contributed by atoms with Crippen molar-refractivity contribution in [1.82, 2.24) is 9.88 Å². The first kappa shape index (κ1) is 13.1. The number of hydrogen-bond acceptors (Lipinski definition) is 2. The number of nitrogens with zero attached hydrogens (tertiary/aromatic N) is 3. The van der Waals surface area contributed by atoms with Crippen LogP contribution in [0.3, 0.4) is 0 Å². The van der Waals surface area contributed by atoms with Crippen molar-refractivity contribution in [3.8, 4) is 0 Å². The number of carbonyl (C=O) groups excluding carboxylic acids is 1. The van der Waals surface area contributed by atoms with E-state index in [4.69, 9.17) is 0 Å². The Hall–Kier alpha value is -0.850. The highest BCUT2D eigenvalue weighted by Crippen LogP contribution is 2.36. The summed E-state index contributed by atoms with van der Waals surface area (Å²) in [7, 11) is 0. The number of urea groups is 1. The third-order valence-corrected chi connectivity index (χ3v) is 4.82. The van der Waals surface area contributed by atoms with Crippen LogP contribution in [0.4, 0.5) is 10.6 Å². The van der Waals surface area contributed by atoms with E-state index in [1.165, 1.54) is 12.8 Å². The largest absolute Gasteiger partial charge is 0.326 e. The number of aromatic nitrogens is 1. The van der Waals surface area contributed by atoms with Crippen molar-refractivity contribution in [1.29, 1.82) is 0 Å². The summed E-state index contributed by atoms with van der Waals surface area (Å²) in [5.74, 6) is 0.804. The van der Waals surface area contributed by atoms with Crippen LogP contribution in [-0.2, 0) is 0 Å². The van der Waals surface area contributed by atoms with Crippen molar-refractivity contribution < 1.29 is 4.79 Å². The van der Waals surface area contributed by atoms with Gasteiger partial charge in [0.05, 0.1) is 12.1 Å². The maximum absolute atomic E-state index is 12.6. The average molecular weight is 371 g/mol. The molecule has 19 heavy (non-hydrogen) atoms. The molecule has 0 radical (unpaired) electrons. The van der Waals surface area contributed by atoms with Crippen LogP contribution in [0.25, 0.3) is 0 Å². The van der Waals surface area contributed by atoms with Crippen molar-refractivity contribution >= 4 is 34.4 Å². The molecule has 0 spiro atoms. The fraction of sp³-hybridized carbons (Fsp3) is 0.571. The second-order valence-electron chi connectivity index (χ2n) is 5.19. The SMILES string of the molecule is CCN1C(=O)N(c2ccc(I)cn2)[C@@H]2CCCC[C@H]21. The van der Waals surface area contributed by atoms with Crippen LogP contribution in [0.15, 0.2) is 18.3 Å². The van der Waals surface area contributed by atoms with E-state index in [1.54, 1.807) is 0 Å². The zero-order valence-electron chi connectivity index (χ0n) is 11.1. The van der Waals surface area contributed by atoms with E-state index in [-0.39, 0.29) is 6.03 Å². The fourth-order valence-corrected chi connectivity index (χ4v) is 3.65. The molecule has 1 aromatic heterocycles. The van der Waals surface area contributed by atoms with E-state index in [2.05, 4.69) is 34.5 Å². The Labute approximate surface area is 127 Å². The molecule has 0 N–H and O–H groups in total. The summed E-state index contributed by atoms with van der Waals surface area (Å²) in [5, 5.41) is 0. The van der Waals surface area contributed by atoms with Crippen LogP contribution in [0.1, 0.15) is 32.6 Å². The fourth-order valence-electron chi connectivity index (χ4n) is 3.33. The van der Waals surface area contributed by atoms with Crippen LogP contribution in [0.5, 0.6) is 0 Å². The molecule has 1 saturated carbocycles. The number of halogens is 1. The monoisotopic (exact) mass is 371 g/mol. The van der Waals surface area contributed by atoms with Gasteiger partial charge in [-0.25, -0.2) is 9.78 Å². The highest BCUT2D eigenvalue weighted by molar-refractivity contribution is 14.1. The summed E-state index contributed by atoms with van der Waals surface area (Å²) in [4.78, 5) is 21.0. The van der Waals surface area contributed by atoms with Gasteiger partial charge in [-0.3, -0.25) is 4.90 Å². The molecule has 2 heterocycles. The number of pyridine rings is 1. The number of carbonyl (C=O) groups is 1. The van der Waals surface area contributed by atoms with E-state index < -0.39 is 0 Å². The molecule has 1 aliphatic heterocycles. The smallest absolute Gasteiger partial charge is 0.320 e. The van der Waals surface area contributed by atoms with Crippen molar-refractivity contribution in [2.24, 2.45) is 0 Å². The van der Waals surface area contributed by atoms with Gasteiger partial charge in [0.2, 0.25) is 0 Å². The van der Waals surface area contributed by atoms with Crippen molar-refractivity contribution in [2.75, 3.05) is 11.4 Å². The molecule has 1 saturated heterocycles. The predicted octanol–water partition coefficient (Wildman–Crippen LogP) is 3.26. The van der Waals surface area contributed by atoms with E-state index in [1.807, 2.05) is 28.1 Å². The number of anilines is 1. The predicted molar refractivity (Wildman–Crippen MR) is 83.3 cm³/mol. The zero-order valence-corrected chi connectivity index (χ0v) is 13.2. The van der Waals surface area contributed by atoms with Crippen molar-refractivity contribution in [3.63, 3.8) is 0 Å². The second-order valence-corrected chi connectivity index (χ2v) is 6.44. The Morgan fingerprint density at radius 2 is 2.05 bits per heavy atom. The topological polar surface area (TPSA) is 36.4 Å². The van der Waals surface area contributed by atoms with Gasteiger partial charge in [0.15, 0.2) is 0 Å². The molecule has 0 aromatic carbocycles. The quantitative estimate of drug-likeness (QED) is 0.749. The molecule has 3 rings (SSSR count). The maximum atomic E-state index is 12.6. The summed E-state index contributed by atoms with van der Waals surface area (Å²) >= 11 is 2.24. The number of fused-ring (bicyclic) bond motifs is 1. The Balaban J connectivity index is 1.95. The lowest BCUT2D eigenvalue weighted by atomic mass is 9.90. The van der Waals surface area contributed by atoms with Crippen LogP contribution in [-0.4, -0.2) is 34.5 Å². The first-order valence-electron chi connectivity index (χ1n) is 6.93. The van der Waals surface area contributed by atoms with Gasteiger partial charge in [0.1, 0.15) is 5.82 Å². The standard InChI is InChI=1S/C14H18IN3O/c1-2-17-11-5-3-4-6-12(11)18(14(17)19)13-8-7-10(15)9-16-13/h7-9,11-12H,2-6H2,1H3/t11-,12-/m1/s1. The van der Waals surface area contributed by atoms with Gasteiger partial charge in [-0.05, 0) is 54.5 Å². The second kappa shape index (κ2) is 5.26. The van der Waals surface area contributed by atoms with Gasteiger partial charge >= 0.3 is 6.03 Å². The lowest BCUT2D eigenvalue weighted by Gasteiger charge is -2.31. The average Bonchev–Trinajstić information content (AvgIpc) is 2.71. The van der Waals surface area contributed by atoms with E-state index in [0.717, 1.165) is 28.8 Å². The lowest BCUT2D eigenvalue weighted by Crippen LogP contribution is -2.40. The maximum Gasteiger partial charge on any atom is 0.326 e. The first-order chi connectivity index (χ1) is 9.22. The van der Waals surface area contributed by atoms with Gasteiger partial charge < -0.3 is 4.90 Å². The minimum atomic E-state index is 0.133. The highest BCUT2D eigenvalue weighted by Gasteiger charge is 2.46. The number of rotatable bonds is 2. The van der Waals surface area contributed by atoms with E-state index in [9.17, 15) is 4.79 Å². The minimum Gasteiger partial charge on any atom is -0.320 e. The molecule has 1 aromatic rings. The Morgan fingerprint density at radius 3 is 2.68 bits per heavy atom. The summed E-state index contributed by atoms with van der Waals surface area (Å²) in [5.41, 5.74) is 0. The van der Waals surface area contributed by atoms with Crippen LogP contribution < -0.4 is 4.90 Å². The van der Waals surface area contributed by atoms with Gasteiger partial charge in [-0.15, -0.1) is 0 Å². The minimum absolute atomic E-state index is 0.133. The molecule has 0 bridgehead atoms. The Morgan fingerprint density at radius 1 is 1.32 bits per heavy atom. The summed E-state index contributed by atoms with van der Waals surface area (Å²) < 4.78 is 1.10. The van der Waals surface area contributed by atoms with Crippen LogP contribution in [0, 0.1) is 3.57 Å². The molecule has 2 atom stereocenters. The van der Waals surface area contributed by atoms with Crippen LogP contribution >= 0.6 is 22.6 Å². The summed E-state index contributed by atoms with van der Waals surface area (Å²) in [6.07, 6.45) is 6.51. The molecule has 2 aliphatic rings. The van der Waals surface area contributed by atoms with Gasteiger partial charge in [0, 0.05) is 16.3 Å². The van der Waals surface area contributed by atoms with Gasteiger partial charge in [0.25, 0.3) is 0 Å². The molecular weight excluding hydrogens is 353 g/mol. The van der Waals surface area contributed by atoms with Gasteiger partial charge in [-0.2, -0.15) is 0 Å². The van der Waals surface area contributed by atoms with Crippen molar-refractivity contribution in [2.45, 2.75) is 44.7 Å². The third kappa shape index (κ3) is 2.22. The van der Waals surface area contributed by atoms with E-state index in [0.29, 0.717) is 12.1 Å². The number of amides is 2. The molecule has 102 valence electrons. The summed E-state index contributed by atoms with van der Waals surface area (Å²) in [6, 6.07) is 4.81. The molecular formula is C14H18IN3O. The molecule has 1 aliphatic carbocycles. The van der Waals surface area contributed by atoms with E-state index >= 15 is 0 Å². The highest BCUT2D eigenvalue weighted by atomic mass is 127. The van der Waals surface area contributed by atoms with Crippen LogP contribution in [0.2, 0.25) is 0 Å². The zero-order chi connectivity index (χ0) is 13.4. The molecule has 4 nitrogen and oxygen atoms in total. The summed E-state index contributed by atoms with van der Waals surface area (Å²) in [6.45, 7) is 2.86. The lowest BCUT2D eigenvalue weighted by molar-refractivity contribution is 0.195. The molecule has 2 amide bonds. The Bertz CT molecular complexity index is 476. The molecule has 0 unspecified atom stereocenters. The normalized spacial score (nSPS) is 26.7. The molecule has 2 fully saturated rings. The van der Waals surface area contributed by atoms with Gasteiger partial charge in [-0.1, -0.05) is 12.8 Å². The Kier molecular flexibility index (Phi) is 3.64.